The van der Waals surface area contributed by atoms with Crippen LogP contribution in [0.1, 0.15) is 5.56 Å². The molecule has 0 aliphatic carbocycles. The van der Waals surface area contributed by atoms with E-state index in [4.69, 9.17) is 21.9 Å². The highest BCUT2D eigenvalue weighted by atomic mass is 32.2. The minimum Gasteiger partial charge on any atom is -0.495 e. The zero-order chi connectivity index (χ0) is 25.8. The second-order valence-corrected chi connectivity index (χ2v) is 10.5. The summed E-state index contributed by atoms with van der Waals surface area (Å²) in [7, 11) is 1.55. The fraction of sp³-hybridized carbons (Fsp3) is 0.111. The molecule has 0 atom stereocenters. The van der Waals surface area contributed by atoms with Gasteiger partial charge in [0.2, 0.25) is 5.91 Å². The molecule has 0 saturated heterocycles. The number of ether oxygens (including phenoxy) is 1. The minimum atomic E-state index is -0.271. The Hall–Kier alpha value is -3.73. The first-order valence-corrected chi connectivity index (χ1v) is 13.6. The van der Waals surface area contributed by atoms with Gasteiger partial charge in [-0.3, -0.25) is 18.7 Å². The van der Waals surface area contributed by atoms with E-state index in [1.807, 2.05) is 72.8 Å². The Kier molecular flexibility index (Phi) is 7.50. The molecule has 10 heteroatoms. The first kappa shape index (κ1) is 24.9. The molecule has 5 aromatic rings. The molecule has 0 unspecified atom stereocenters. The van der Waals surface area contributed by atoms with Crippen LogP contribution >= 0.6 is 35.3 Å². The van der Waals surface area contributed by atoms with Crippen LogP contribution in [0.25, 0.3) is 21.7 Å². The fourth-order valence-electron chi connectivity index (χ4n) is 3.84. The number of thiazole rings is 1. The maximum atomic E-state index is 13.9. The van der Waals surface area contributed by atoms with Crippen molar-refractivity contribution in [3.8, 4) is 17.1 Å². The van der Waals surface area contributed by atoms with Crippen LogP contribution in [0.5, 0.6) is 5.75 Å². The van der Waals surface area contributed by atoms with Gasteiger partial charge in [-0.1, -0.05) is 83.8 Å². The molecule has 3 aromatic carbocycles. The summed E-state index contributed by atoms with van der Waals surface area (Å²) in [6, 6.07) is 26.5. The topological polar surface area (TPSA) is 78.2 Å². The van der Waals surface area contributed by atoms with Crippen molar-refractivity contribution in [3.63, 3.8) is 0 Å². The second kappa shape index (κ2) is 11.1. The molecule has 37 heavy (non-hydrogen) atoms. The first-order chi connectivity index (χ1) is 18.1. The molecule has 2 heterocycles. The van der Waals surface area contributed by atoms with Gasteiger partial charge >= 0.3 is 0 Å². The molecule has 186 valence electrons. The normalized spacial score (nSPS) is 10.9. The van der Waals surface area contributed by atoms with Crippen molar-refractivity contribution in [1.82, 2.24) is 19.4 Å². The molecule has 0 spiro atoms. The number of thioether (sulfide) groups is 1. The number of nitrogens with one attached hydrogen (secondary N) is 1. The van der Waals surface area contributed by atoms with E-state index in [0.717, 1.165) is 11.3 Å². The third kappa shape index (κ3) is 5.22. The van der Waals surface area contributed by atoms with Gasteiger partial charge in [0.15, 0.2) is 14.8 Å². The van der Waals surface area contributed by atoms with Gasteiger partial charge in [-0.15, -0.1) is 0 Å². The third-order valence-corrected chi connectivity index (χ3v) is 7.87. The molecule has 0 fully saturated rings. The molecular formula is C27H22N4O3S3. The highest BCUT2D eigenvalue weighted by Gasteiger charge is 2.21. The summed E-state index contributed by atoms with van der Waals surface area (Å²) in [5.74, 6) is 0.433. The molecule has 0 aliphatic rings. The zero-order valence-electron chi connectivity index (χ0n) is 19.8. The van der Waals surface area contributed by atoms with Crippen molar-refractivity contribution >= 4 is 51.6 Å². The fourth-order valence-corrected chi connectivity index (χ4v) is 5.97. The number of benzene rings is 3. The molecule has 5 rings (SSSR count). The predicted octanol–water partition coefficient (Wildman–Crippen LogP) is 5.38. The lowest BCUT2D eigenvalue weighted by Gasteiger charge is -2.15. The Bertz CT molecular complexity index is 1680. The lowest BCUT2D eigenvalue weighted by Crippen LogP contribution is -2.26. The third-order valence-electron chi connectivity index (χ3n) is 5.58. The van der Waals surface area contributed by atoms with Crippen LogP contribution in [0.3, 0.4) is 0 Å². The van der Waals surface area contributed by atoms with E-state index in [-0.39, 0.29) is 17.2 Å². The van der Waals surface area contributed by atoms with Crippen molar-refractivity contribution in [3.05, 3.63) is 105 Å². The average Bonchev–Trinajstić information content (AvgIpc) is 3.28. The molecule has 0 saturated carbocycles. The SMILES string of the molecule is COc1ccccc1-n1c(SCC(=O)NCc2ccccc2)nc2c(sc(=S)n2-c2ccccc2)c1=O. The lowest BCUT2D eigenvalue weighted by molar-refractivity contribution is -0.118. The van der Waals surface area contributed by atoms with Gasteiger partial charge in [-0.2, -0.15) is 0 Å². The summed E-state index contributed by atoms with van der Waals surface area (Å²) in [5, 5.41) is 3.29. The van der Waals surface area contributed by atoms with Gasteiger partial charge in [-0.05, 0) is 42.0 Å². The molecule has 0 aliphatic heterocycles. The van der Waals surface area contributed by atoms with Crippen LogP contribution in [0.15, 0.2) is 94.9 Å². The van der Waals surface area contributed by atoms with E-state index in [0.29, 0.717) is 37.4 Å². The van der Waals surface area contributed by atoms with Gasteiger partial charge in [0.05, 0.1) is 18.6 Å². The number of aromatic nitrogens is 3. The highest BCUT2D eigenvalue weighted by Crippen LogP contribution is 2.30. The quantitative estimate of drug-likeness (QED) is 0.160. The van der Waals surface area contributed by atoms with Crippen LogP contribution in [0.2, 0.25) is 0 Å². The number of nitrogens with zero attached hydrogens (tertiary/aromatic N) is 3. The Balaban J connectivity index is 1.58. The minimum absolute atomic E-state index is 0.0795. The Morgan fingerprint density at radius 1 is 1.00 bits per heavy atom. The molecule has 0 bridgehead atoms. The zero-order valence-corrected chi connectivity index (χ0v) is 22.2. The molecule has 7 nitrogen and oxygen atoms in total. The number of carbonyl (C=O) groups is 1. The van der Waals surface area contributed by atoms with Gasteiger partial charge in [0.1, 0.15) is 10.4 Å². The molecule has 2 aromatic heterocycles. The van der Waals surface area contributed by atoms with Gasteiger partial charge < -0.3 is 10.1 Å². The smallest absolute Gasteiger partial charge is 0.278 e. The van der Waals surface area contributed by atoms with Crippen LogP contribution in [-0.4, -0.2) is 32.9 Å². The molecule has 1 amide bonds. The lowest BCUT2D eigenvalue weighted by atomic mass is 10.2. The van der Waals surface area contributed by atoms with E-state index in [1.165, 1.54) is 27.7 Å². The summed E-state index contributed by atoms with van der Waals surface area (Å²) in [6.45, 7) is 0.420. The highest BCUT2D eigenvalue weighted by molar-refractivity contribution is 7.99. The van der Waals surface area contributed by atoms with Crippen molar-refractivity contribution in [2.75, 3.05) is 12.9 Å². The van der Waals surface area contributed by atoms with Crippen molar-refractivity contribution in [2.45, 2.75) is 11.7 Å². The number of amides is 1. The van der Waals surface area contributed by atoms with Gasteiger partial charge in [0, 0.05) is 12.2 Å². The second-order valence-electron chi connectivity index (χ2n) is 7.95. The summed E-state index contributed by atoms with van der Waals surface area (Å²) >= 11 is 8.03. The van der Waals surface area contributed by atoms with Crippen molar-refractivity contribution in [2.24, 2.45) is 0 Å². The van der Waals surface area contributed by atoms with Gasteiger partial charge in [0.25, 0.3) is 5.56 Å². The maximum Gasteiger partial charge on any atom is 0.278 e. The van der Waals surface area contributed by atoms with Crippen molar-refractivity contribution < 1.29 is 9.53 Å². The summed E-state index contributed by atoms with van der Waals surface area (Å²) in [6.07, 6.45) is 0. The van der Waals surface area contributed by atoms with Crippen LogP contribution in [0, 0.1) is 3.95 Å². The van der Waals surface area contributed by atoms with E-state index < -0.39 is 0 Å². The standard InChI is InChI=1S/C27H22N4O3S3/c1-34-21-15-9-8-14-20(21)31-25(33)23-24(30(27(35)37-23)19-12-6-3-7-13-19)29-26(31)36-17-22(32)28-16-18-10-4-2-5-11-18/h2-15H,16-17H2,1H3,(H,28,32). The summed E-state index contributed by atoms with van der Waals surface area (Å²) < 4.78 is 9.77. The van der Waals surface area contributed by atoms with Crippen LogP contribution in [0.4, 0.5) is 0 Å². The number of methoxy groups -OCH3 is 1. The predicted molar refractivity (Wildman–Crippen MR) is 151 cm³/mol. The van der Waals surface area contributed by atoms with Gasteiger partial charge in [-0.25, -0.2) is 4.98 Å². The monoisotopic (exact) mass is 546 g/mol. The Morgan fingerprint density at radius 3 is 2.41 bits per heavy atom. The average molecular weight is 547 g/mol. The van der Waals surface area contributed by atoms with E-state index in [2.05, 4.69) is 5.32 Å². The summed E-state index contributed by atoms with van der Waals surface area (Å²) in [4.78, 5) is 31.5. The molecular weight excluding hydrogens is 525 g/mol. The van der Waals surface area contributed by atoms with Crippen molar-refractivity contribution in [1.29, 1.82) is 0 Å². The first-order valence-electron chi connectivity index (χ1n) is 11.4. The number of hydrogen-bond donors (Lipinski definition) is 1. The number of hydrogen-bond acceptors (Lipinski definition) is 7. The largest absolute Gasteiger partial charge is 0.495 e. The molecule has 1 N–H and O–H groups in total. The van der Waals surface area contributed by atoms with Crippen LogP contribution in [-0.2, 0) is 11.3 Å². The number of rotatable bonds is 8. The Labute approximate surface area is 226 Å². The summed E-state index contributed by atoms with van der Waals surface area (Å²) in [5.41, 5.74) is 2.56. The maximum absolute atomic E-state index is 13.9. The number of carbonyl (C=O) groups excluding carboxylic acids is 1. The van der Waals surface area contributed by atoms with E-state index >= 15 is 0 Å². The number of para-hydroxylation sites is 3. The van der Waals surface area contributed by atoms with E-state index in [9.17, 15) is 9.59 Å². The van der Waals surface area contributed by atoms with E-state index in [1.54, 1.807) is 23.8 Å². The molecule has 0 radical (unpaired) electrons. The van der Waals surface area contributed by atoms with Crippen LogP contribution < -0.4 is 15.6 Å². The number of fused-ring (bicyclic) bond motifs is 1. The Morgan fingerprint density at radius 2 is 1.68 bits per heavy atom.